The Kier molecular flexibility index (Phi) is 4.00. The summed E-state index contributed by atoms with van der Waals surface area (Å²) in [5.74, 6) is -0.134. The molecule has 0 aliphatic heterocycles. The van der Waals surface area contributed by atoms with E-state index in [-0.39, 0.29) is 5.91 Å². The van der Waals surface area contributed by atoms with Gasteiger partial charge < -0.3 is 5.32 Å². The van der Waals surface area contributed by atoms with Gasteiger partial charge in [-0.05, 0) is 11.6 Å². The van der Waals surface area contributed by atoms with E-state index in [1.165, 1.54) is 5.56 Å². The molecule has 0 spiro atoms. The van der Waals surface area contributed by atoms with Gasteiger partial charge in [-0.25, -0.2) is 0 Å². The molecule has 0 unspecified atom stereocenters. The number of para-hydroxylation sites is 1. The van der Waals surface area contributed by atoms with E-state index >= 15 is 0 Å². The van der Waals surface area contributed by atoms with Gasteiger partial charge in [0.1, 0.15) is 0 Å². The summed E-state index contributed by atoms with van der Waals surface area (Å²) < 4.78 is 1.87. The lowest BCUT2D eigenvalue weighted by Crippen LogP contribution is -2.22. The maximum absolute atomic E-state index is 12.4. The van der Waals surface area contributed by atoms with Gasteiger partial charge in [-0.2, -0.15) is 10.2 Å². The topological polar surface area (TPSA) is 75.6 Å². The molecule has 25 heavy (non-hydrogen) atoms. The van der Waals surface area contributed by atoms with Gasteiger partial charge in [-0.3, -0.25) is 14.6 Å². The largest absolute Gasteiger partial charge is 0.348 e. The number of nitrogens with one attached hydrogen (secondary N) is 2. The number of H-pyrrole nitrogens is 1. The fourth-order valence-corrected chi connectivity index (χ4v) is 2.79. The van der Waals surface area contributed by atoms with Gasteiger partial charge in [0.2, 0.25) is 0 Å². The van der Waals surface area contributed by atoms with Gasteiger partial charge in [0.15, 0.2) is 0 Å². The standard InChI is InChI=1S/C19H17N5O/c25-19(17-8-4-7-16-11-21-23-18(16)17)20-9-15-10-22-24(13-15)12-14-5-2-1-3-6-14/h1-8,10-11,13H,9,12H2,(H,20,25)(H,21,23). The highest BCUT2D eigenvalue weighted by Crippen LogP contribution is 2.15. The van der Waals surface area contributed by atoms with Crippen LogP contribution >= 0.6 is 0 Å². The second-order valence-corrected chi connectivity index (χ2v) is 5.85. The maximum atomic E-state index is 12.4. The zero-order chi connectivity index (χ0) is 17.1. The van der Waals surface area contributed by atoms with E-state index in [0.29, 0.717) is 18.7 Å². The summed E-state index contributed by atoms with van der Waals surface area (Å²) in [6.45, 7) is 1.14. The lowest BCUT2D eigenvalue weighted by atomic mass is 10.1. The highest BCUT2D eigenvalue weighted by Gasteiger charge is 2.11. The molecule has 0 bridgehead atoms. The molecule has 1 amide bonds. The molecule has 124 valence electrons. The van der Waals surface area contributed by atoms with Crippen molar-refractivity contribution in [3.63, 3.8) is 0 Å². The number of amides is 1. The predicted octanol–water partition coefficient (Wildman–Crippen LogP) is 2.74. The highest BCUT2D eigenvalue weighted by atomic mass is 16.1. The van der Waals surface area contributed by atoms with Crippen LogP contribution in [0.4, 0.5) is 0 Å². The minimum atomic E-state index is -0.134. The first-order chi connectivity index (χ1) is 12.3. The molecule has 6 heteroatoms. The number of aromatic nitrogens is 4. The number of carbonyl (C=O) groups excluding carboxylic acids is 1. The van der Waals surface area contributed by atoms with Crippen molar-refractivity contribution in [1.29, 1.82) is 0 Å². The van der Waals surface area contributed by atoms with Crippen LogP contribution in [0.1, 0.15) is 21.5 Å². The van der Waals surface area contributed by atoms with Crippen LogP contribution in [0.3, 0.4) is 0 Å². The number of carbonyl (C=O) groups is 1. The molecule has 0 aliphatic rings. The van der Waals surface area contributed by atoms with Crippen molar-refractivity contribution in [2.45, 2.75) is 13.1 Å². The van der Waals surface area contributed by atoms with Crippen LogP contribution in [-0.4, -0.2) is 25.9 Å². The van der Waals surface area contributed by atoms with Crippen LogP contribution in [0.15, 0.2) is 67.1 Å². The van der Waals surface area contributed by atoms with Crippen molar-refractivity contribution in [2.75, 3.05) is 0 Å². The van der Waals surface area contributed by atoms with Crippen molar-refractivity contribution < 1.29 is 4.79 Å². The molecule has 2 heterocycles. The van der Waals surface area contributed by atoms with Gasteiger partial charge in [0, 0.05) is 23.7 Å². The molecular formula is C19H17N5O. The number of hydrogen-bond acceptors (Lipinski definition) is 3. The third-order valence-corrected chi connectivity index (χ3v) is 4.05. The van der Waals surface area contributed by atoms with E-state index in [0.717, 1.165) is 16.5 Å². The molecular weight excluding hydrogens is 314 g/mol. The Morgan fingerprint density at radius 3 is 2.80 bits per heavy atom. The average Bonchev–Trinajstić information content (AvgIpc) is 3.29. The lowest BCUT2D eigenvalue weighted by Gasteiger charge is -2.05. The Labute approximate surface area is 144 Å². The van der Waals surface area contributed by atoms with E-state index in [9.17, 15) is 4.79 Å². The zero-order valence-corrected chi connectivity index (χ0v) is 13.5. The normalized spacial score (nSPS) is 10.9. The van der Waals surface area contributed by atoms with E-state index in [2.05, 4.69) is 32.7 Å². The van der Waals surface area contributed by atoms with E-state index in [4.69, 9.17) is 0 Å². The number of rotatable bonds is 5. The van der Waals surface area contributed by atoms with Crippen molar-refractivity contribution in [2.24, 2.45) is 0 Å². The average molecular weight is 331 g/mol. The highest BCUT2D eigenvalue weighted by molar-refractivity contribution is 6.05. The first-order valence-electron chi connectivity index (χ1n) is 8.05. The van der Waals surface area contributed by atoms with Crippen molar-refractivity contribution in [3.05, 3.63) is 83.8 Å². The van der Waals surface area contributed by atoms with E-state index in [1.807, 2.05) is 41.2 Å². The molecule has 2 N–H and O–H groups in total. The Morgan fingerprint density at radius 2 is 1.92 bits per heavy atom. The van der Waals surface area contributed by atoms with Crippen molar-refractivity contribution in [1.82, 2.24) is 25.3 Å². The third kappa shape index (κ3) is 3.28. The third-order valence-electron chi connectivity index (χ3n) is 4.05. The summed E-state index contributed by atoms with van der Waals surface area (Å²) in [5, 5.41) is 15.1. The fourth-order valence-electron chi connectivity index (χ4n) is 2.79. The summed E-state index contributed by atoms with van der Waals surface area (Å²) in [4.78, 5) is 12.4. The summed E-state index contributed by atoms with van der Waals surface area (Å²) in [6.07, 6.45) is 5.43. The molecule has 0 radical (unpaired) electrons. The van der Waals surface area contributed by atoms with Crippen LogP contribution in [0, 0.1) is 0 Å². The predicted molar refractivity (Wildman–Crippen MR) is 95.0 cm³/mol. The second-order valence-electron chi connectivity index (χ2n) is 5.85. The van der Waals surface area contributed by atoms with Crippen molar-refractivity contribution in [3.8, 4) is 0 Å². The van der Waals surface area contributed by atoms with Gasteiger partial charge in [0.05, 0.1) is 30.0 Å². The molecule has 2 aromatic carbocycles. The quantitative estimate of drug-likeness (QED) is 0.590. The van der Waals surface area contributed by atoms with Gasteiger partial charge >= 0.3 is 0 Å². The molecule has 0 fully saturated rings. The molecule has 0 saturated heterocycles. The Hall–Kier alpha value is -3.41. The maximum Gasteiger partial charge on any atom is 0.253 e. The molecule has 4 aromatic rings. The van der Waals surface area contributed by atoms with Gasteiger partial charge in [-0.15, -0.1) is 0 Å². The number of benzene rings is 2. The minimum absolute atomic E-state index is 0.134. The van der Waals surface area contributed by atoms with Gasteiger partial charge in [-0.1, -0.05) is 42.5 Å². The Morgan fingerprint density at radius 1 is 1.04 bits per heavy atom. The first kappa shape index (κ1) is 15.1. The fraction of sp³-hybridized carbons (Fsp3) is 0.105. The monoisotopic (exact) mass is 331 g/mol. The van der Waals surface area contributed by atoms with Crippen LogP contribution in [0.5, 0.6) is 0 Å². The molecule has 0 saturated carbocycles. The van der Waals surface area contributed by atoms with E-state index < -0.39 is 0 Å². The van der Waals surface area contributed by atoms with Crippen LogP contribution in [-0.2, 0) is 13.1 Å². The summed E-state index contributed by atoms with van der Waals surface area (Å²) in [7, 11) is 0. The minimum Gasteiger partial charge on any atom is -0.348 e. The molecule has 0 aliphatic carbocycles. The van der Waals surface area contributed by atoms with Crippen LogP contribution in [0.2, 0.25) is 0 Å². The second kappa shape index (κ2) is 6.60. The Balaban J connectivity index is 1.42. The summed E-state index contributed by atoms with van der Waals surface area (Å²) >= 11 is 0. The van der Waals surface area contributed by atoms with Crippen LogP contribution in [0.25, 0.3) is 10.9 Å². The molecule has 4 rings (SSSR count). The molecule has 6 nitrogen and oxygen atoms in total. The zero-order valence-electron chi connectivity index (χ0n) is 13.5. The SMILES string of the molecule is O=C(NCc1cnn(Cc2ccccc2)c1)c1cccc2cn[nH]c12. The number of nitrogens with zero attached hydrogens (tertiary/aromatic N) is 3. The number of fused-ring (bicyclic) bond motifs is 1. The lowest BCUT2D eigenvalue weighted by molar-refractivity contribution is 0.0952. The summed E-state index contributed by atoms with van der Waals surface area (Å²) in [5.41, 5.74) is 3.49. The van der Waals surface area contributed by atoms with Crippen molar-refractivity contribution >= 4 is 16.8 Å². The van der Waals surface area contributed by atoms with Gasteiger partial charge in [0.25, 0.3) is 5.91 Å². The summed E-state index contributed by atoms with van der Waals surface area (Å²) in [6, 6.07) is 15.7. The first-order valence-corrected chi connectivity index (χ1v) is 8.05. The molecule has 2 aromatic heterocycles. The van der Waals surface area contributed by atoms with E-state index in [1.54, 1.807) is 18.5 Å². The van der Waals surface area contributed by atoms with Crippen LogP contribution < -0.4 is 5.32 Å². The Bertz CT molecular complexity index is 1000. The smallest absolute Gasteiger partial charge is 0.253 e. The number of hydrogen-bond donors (Lipinski definition) is 2. The molecule has 0 atom stereocenters. The number of aromatic amines is 1.